The van der Waals surface area contributed by atoms with Crippen LogP contribution in [0.3, 0.4) is 0 Å². The molecule has 41 heavy (non-hydrogen) atoms. The molecule has 0 radical (unpaired) electrons. The van der Waals surface area contributed by atoms with Crippen LogP contribution >= 0.6 is 11.3 Å². The second kappa shape index (κ2) is 11.4. The third-order valence-electron chi connectivity index (χ3n) is 7.60. The smallest absolute Gasteiger partial charge is 0.161 e. The molecular formula is C37H31N3S. The Balaban J connectivity index is 1.56. The summed E-state index contributed by atoms with van der Waals surface area (Å²) in [5.74, 6) is 1.23. The summed E-state index contributed by atoms with van der Waals surface area (Å²) in [5.41, 5.74) is 9.09. The van der Waals surface area contributed by atoms with Crippen molar-refractivity contribution in [2.45, 2.75) is 27.3 Å². The minimum atomic E-state index is 0.517. The maximum atomic E-state index is 5.18. The fourth-order valence-corrected chi connectivity index (χ4v) is 6.69. The Morgan fingerprint density at radius 1 is 0.610 bits per heavy atom. The van der Waals surface area contributed by atoms with Gasteiger partial charge in [0.05, 0.1) is 6.54 Å². The predicted octanol–water partition coefficient (Wildman–Crippen LogP) is 9.74. The lowest BCUT2D eigenvalue weighted by Crippen LogP contribution is -2.08. The van der Waals surface area contributed by atoms with E-state index in [9.17, 15) is 0 Å². The Hall–Kier alpha value is -4.67. The highest BCUT2D eigenvalue weighted by Gasteiger charge is 2.17. The monoisotopic (exact) mass is 549 g/mol. The zero-order chi connectivity index (χ0) is 28.3. The largest absolute Gasteiger partial charge is 0.261 e. The van der Waals surface area contributed by atoms with Gasteiger partial charge in [0.25, 0.3) is 0 Å². The number of aryl methyl sites for hydroxylation is 2. The molecule has 6 rings (SSSR count). The fourth-order valence-electron chi connectivity index (χ4n) is 5.48. The third kappa shape index (κ3) is 5.15. The van der Waals surface area contributed by atoms with Crippen LogP contribution in [0.5, 0.6) is 0 Å². The van der Waals surface area contributed by atoms with Gasteiger partial charge in [0.15, 0.2) is 11.7 Å². The summed E-state index contributed by atoms with van der Waals surface area (Å²) in [7, 11) is 0. The Morgan fingerprint density at radius 3 is 2.02 bits per heavy atom. The number of hydrogen-bond donors (Lipinski definition) is 0. The summed E-state index contributed by atoms with van der Waals surface area (Å²) in [6, 6.07) is 38.0. The molecule has 0 unspecified atom stereocenters. The minimum Gasteiger partial charge on any atom is -0.261 e. The molecule has 0 N–H and O–H groups in total. The van der Waals surface area contributed by atoms with Gasteiger partial charge in [-0.05, 0) is 73.0 Å². The van der Waals surface area contributed by atoms with Gasteiger partial charge in [-0.2, -0.15) is 0 Å². The number of thiophene rings is 1. The highest BCUT2D eigenvalue weighted by Crippen LogP contribution is 2.38. The van der Waals surface area contributed by atoms with E-state index in [1.165, 1.54) is 42.4 Å². The van der Waals surface area contributed by atoms with Crippen LogP contribution in [0.4, 0.5) is 0 Å². The average molecular weight is 550 g/mol. The lowest BCUT2D eigenvalue weighted by atomic mass is 9.93. The maximum Gasteiger partial charge on any atom is 0.161 e. The van der Waals surface area contributed by atoms with Gasteiger partial charge in [-0.1, -0.05) is 97.1 Å². The van der Waals surface area contributed by atoms with Gasteiger partial charge >= 0.3 is 0 Å². The molecule has 0 aliphatic rings. The van der Waals surface area contributed by atoms with E-state index < -0.39 is 0 Å². The van der Waals surface area contributed by atoms with E-state index in [0.29, 0.717) is 18.2 Å². The zero-order valence-corrected chi connectivity index (χ0v) is 24.4. The van der Waals surface area contributed by atoms with E-state index in [2.05, 4.69) is 123 Å². The van der Waals surface area contributed by atoms with E-state index in [1.54, 1.807) is 11.3 Å². The first-order valence-corrected chi connectivity index (χ1v) is 14.6. The van der Waals surface area contributed by atoms with Gasteiger partial charge in [-0.25, -0.2) is 9.98 Å². The number of benzene rings is 5. The lowest BCUT2D eigenvalue weighted by Gasteiger charge is -2.14. The third-order valence-corrected chi connectivity index (χ3v) is 8.72. The van der Waals surface area contributed by atoms with Crippen molar-refractivity contribution in [3.8, 4) is 11.1 Å². The highest BCUT2D eigenvalue weighted by atomic mass is 32.1. The molecule has 0 aliphatic heterocycles. The van der Waals surface area contributed by atoms with Gasteiger partial charge < -0.3 is 0 Å². The Bertz CT molecular complexity index is 1960. The SMILES string of the molecule is C=NC(=NC(=NCc1ccccc1)c1cccc(-c2ccccc2C)c1C)c1cccc2sc3cccc(C)c3c12. The molecule has 1 aromatic heterocycles. The van der Waals surface area contributed by atoms with E-state index in [-0.39, 0.29) is 0 Å². The van der Waals surface area contributed by atoms with Gasteiger partial charge in [-0.15, -0.1) is 11.3 Å². The quantitative estimate of drug-likeness (QED) is 0.152. The number of hydrogen-bond acceptors (Lipinski definition) is 2. The second-order valence-corrected chi connectivity index (χ2v) is 11.3. The molecule has 0 aliphatic carbocycles. The number of aliphatic imine (C=N–C) groups is 3. The molecule has 0 saturated carbocycles. The summed E-state index contributed by atoms with van der Waals surface area (Å²) >= 11 is 1.80. The maximum absolute atomic E-state index is 5.18. The first-order valence-electron chi connectivity index (χ1n) is 13.8. The molecule has 3 nitrogen and oxygen atoms in total. The Kier molecular flexibility index (Phi) is 7.41. The van der Waals surface area contributed by atoms with Gasteiger partial charge in [0, 0.05) is 31.3 Å². The van der Waals surface area contributed by atoms with Crippen LogP contribution in [0.25, 0.3) is 31.3 Å². The van der Waals surface area contributed by atoms with Crippen molar-refractivity contribution in [2.75, 3.05) is 0 Å². The van der Waals surface area contributed by atoms with Crippen molar-refractivity contribution in [1.29, 1.82) is 0 Å². The molecule has 5 aromatic carbocycles. The summed E-state index contributed by atoms with van der Waals surface area (Å²) in [5, 5.41) is 2.42. The van der Waals surface area contributed by atoms with Crippen LogP contribution in [0, 0.1) is 20.8 Å². The van der Waals surface area contributed by atoms with Crippen LogP contribution in [-0.2, 0) is 6.54 Å². The second-order valence-electron chi connectivity index (χ2n) is 10.2. The average Bonchev–Trinajstić information content (AvgIpc) is 3.39. The van der Waals surface area contributed by atoms with Crippen LogP contribution in [0.1, 0.15) is 33.4 Å². The van der Waals surface area contributed by atoms with Gasteiger partial charge in [0.2, 0.25) is 0 Å². The number of rotatable bonds is 5. The highest BCUT2D eigenvalue weighted by molar-refractivity contribution is 7.25. The van der Waals surface area contributed by atoms with Crippen molar-refractivity contribution in [3.63, 3.8) is 0 Å². The summed E-state index contributed by atoms with van der Waals surface area (Å²) in [4.78, 5) is 14.8. The summed E-state index contributed by atoms with van der Waals surface area (Å²) < 4.78 is 2.47. The number of amidine groups is 2. The zero-order valence-electron chi connectivity index (χ0n) is 23.6. The summed E-state index contributed by atoms with van der Waals surface area (Å²) in [6.07, 6.45) is 0. The van der Waals surface area contributed by atoms with Crippen molar-refractivity contribution in [2.24, 2.45) is 15.0 Å². The van der Waals surface area contributed by atoms with Crippen molar-refractivity contribution < 1.29 is 0 Å². The van der Waals surface area contributed by atoms with E-state index in [1.807, 2.05) is 18.2 Å². The molecule has 0 saturated heterocycles. The fraction of sp³-hybridized carbons (Fsp3) is 0.108. The van der Waals surface area contributed by atoms with Crippen molar-refractivity contribution in [1.82, 2.24) is 0 Å². The normalized spacial score (nSPS) is 12.3. The molecule has 200 valence electrons. The first kappa shape index (κ1) is 26.5. The molecular weight excluding hydrogens is 518 g/mol. The van der Waals surface area contributed by atoms with Crippen LogP contribution in [-0.4, -0.2) is 18.4 Å². The van der Waals surface area contributed by atoms with Crippen molar-refractivity contribution >= 4 is 49.9 Å². The molecule has 6 aromatic rings. The molecule has 0 bridgehead atoms. The first-order chi connectivity index (χ1) is 20.0. The van der Waals surface area contributed by atoms with E-state index >= 15 is 0 Å². The molecule has 0 fully saturated rings. The van der Waals surface area contributed by atoms with Crippen molar-refractivity contribution in [3.05, 3.63) is 143 Å². The number of nitrogens with zero attached hydrogens (tertiary/aromatic N) is 3. The molecule has 1 heterocycles. The van der Waals surface area contributed by atoms with Crippen LogP contribution < -0.4 is 0 Å². The van der Waals surface area contributed by atoms with Crippen LogP contribution in [0.15, 0.2) is 124 Å². The lowest BCUT2D eigenvalue weighted by molar-refractivity contribution is 1.06. The van der Waals surface area contributed by atoms with E-state index in [0.717, 1.165) is 22.3 Å². The topological polar surface area (TPSA) is 37.1 Å². The van der Waals surface area contributed by atoms with Crippen LogP contribution in [0.2, 0.25) is 0 Å². The standard InChI is InChI=1S/C37H31N3S/c1-24-13-8-9-17-28(24)29-18-11-19-30(26(29)3)37(39-23-27-15-6-5-7-16-27)40-36(38-4)31-20-12-22-33-35(31)34-25(2)14-10-21-32(34)41-33/h5-22H,4,23H2,1-3H3. The van der Waals surface area contributed by atoms with Gasteiger partial charge in [-0.3, -0.25) is 4.99 Å². The molecule has 0 atom stereocenters. The van der Waals surface area contributed by atoms with E-state index in [4.69, 9.17) is 9.98 Å². The summed E-state index contributed by atoms with van der Waals surface area (Å²) in [6.45, 7) is 10.9. The Labute approximate surface area is 245 Å². The minimum absolute atomic E-state index is 0.517. The van der Waals surface area contributed by atoms with Gasteiger partial charge in [0.1, 0.15) is 0 Å². The number of fused-ring (bicyclic) bond motifs is 3. The molecule has 0 spiro atoms. The Morgan fingerprint density at radius 2 is 1.24 bits per heavy atom. The molecule has 0 amide bonds. The molecule has 4 heteroatoms. The predicted molar refractivity (Wildman–Crippen MR) is 178 cm³/mol.